The summed E-state index contributed by atoms with van der Waals surface area (Å²) in [6.07, 6.45) is 3.64. The molecule has 1 aromatic rings. The molecule has 1 fully saturated rings. The van der Waals surface area contributed by atoms with Crippen LogP contribution in [0, 0.1) is 0 Å². The molecule has 1 spiro atoms. The van der Waals surface area contributed by atoms with Gasteiger partial charge in [0.15, 0.2) is 5.79 Å². The average molecular weight is 331 g/mol. The maximum atomic E-state index is 6.52. The molecule has 3 nitrogen and oxygen atoms in total. The van der Waals surface area contributed by atoms with Crippen molar-refractivity contribution >= 4 is 13.3 Å². The van der Waals surface area contributed by atoms with Crippen LogP contribution < -0.4 is 5.19 Å². The number of ether oxygens (including phenoxy) is 3. The third-order valence-corrected chi connectivity index (χ3v) is 8.12. The number of rotatable bonds is 1. The van der Waals surface area contributed by atoms with Crippen LogP contribution >= 0.6 is 0 Å². The van der Waals surface area contributed by atoms with E-state index in [1.165, 1.54) is 35.1 Å². The minimum absolute atomic E-state index is 0.123. The molecular weight excluding hydrogens is 304 g/mol. The minimum atomic E-state index is -1.43. The lowest BCUT2D eigenvalue weighted by Gasteiger charge is -2.50. The molecule has 0 radical (unpaired) electrons. The van der Waals surface area contributed by atoms with Gasteiger partial charge in [-0.3, -0.25) is 0 Å². The zero-order valence-electron chi connectivity index (χ0n) is 14.8. The molecule has 23 heavy (non-hydrogen) atoms. The molecule has 4 aliphatic rings. The van der Waals surface area contributed by atoms with Gasteiger partial charge in [-0.15, -0.1) is 0 Å². The van der Waals surface area contributed by atoms with Crippen molar-refractivity contribution in [2.75, 3.05) is 0 Å². The quantitative estimate of drug-likeness (QED) is 0.736. The summed E-state index contributed by atoms with van der Waals surface area (Å²) in [7, 11) is -1.43. The molecule has 0 amide bonds. The van der Waals surface area contributed by atoms with Gasteiger partial charge in [0.25, 0.3) is 0 Å². The van der Waals surface area contributed by atoms with E-state index in [1.807, 2.05) is 0 Å². The number of fused-ring (bicyclic) bond motifs is 3. The van der Waals surface area contributed by atoms with E-state index in [0.717, 1.165) is 19.6 Å². The predicted molar refractivity (Wildman–Crippen MR) is 91.5 cm³/mol. The summed E-state index contributed by atoms with van der Waals surface area (Å²) < 4.78 is 18.8. The average Bonchev–Trinajstić information content (AvgIpc) is 2.95. The van der Waals surface area contributed by atoms with E-state index in [4.69, 9.17) is 14.2 Å². The van der Waals surface area contributed by atoms with Crippen molar-refractivity contribution in [1.82, 2.24) is 0 Å². The lowest BCUT2D eigenvalue weighted by Crippen LogP contribution is -2.52. The molecule has 2 aliphatic carbocycles. The Balaban J connectivity index is 1.83. The predicted octanol–water partition coefficient (Wildman–Crippen LogP) is 3.63. The first-order valence-electron chi connectivity index (χ1n) is 8.92. The molecule has 2 heterocycles. The molecule has 0 unspecified atom stereocenters. The van der Waals surface area contributed by atoms with E-state index in [-0.39, 0.29) is 11.7 Å². The molecule has 1 saturated heterocycles. The second-order valence-corrected chi connectivity index (χ2v) is 14.1. The summed E-state index contributed by atoms with van der Waals surface area (Å²) in [5.41, 5.74) is 7.30. The highest BCUT2D eigenvalue weighted by molar-refractivity contribution is 6.89. The molecule has 0 aromatic heterocycles. The van der Waals surface area contributed by atoms with Gasteiger partial charge in [-0.2, -0.15) is 0 Å². The maximum Gasteiger partial charge on any atom is 0.165 e. The van der Waals surface area contributed by atoms with Crippen LogP contribution in [0.2, 0.25) is 19.6 Å². The first-order valence-corrected chi connectivity index (χ1v) is 12.4. The van der Waals surface area contributed by atoms with Crippen LogP contribution in [0.4, 0.5) is 0 Å². The van der Waals surface area contributed by atoms with Gasteiger partial charge in [0.1, 0.15) is 11.7 Å². The molecule has 2 atom stereocenters. The second kappa shape index (κ2) is 4.10. The molecule has 5 rings (SSSR count). The van der Waals surface area contributed by atoms with Crippen molar-refractivity contribution in [2.24, 2.45) is 0 Å². The van der Waals surface area contributed by atoms with Gasteiger partial charge in [0.05, 0.1) is 21.3 Å². The number of hydrogen-bond donors (Lipinski definition) is 0. The van der Waals surface area contributed by atoms with Gasteiger partial charge >= 0.3 is 0 Å². The maximum absolute atomic E-state index is 6.52. The lowest BCUT2D eigenvalue weighted by atomic mass is 9.61. The molecule has 0 bridgehead atoms. The first-order chi connectivity index (χ1) is 10.7. The van der Waals surface area contributed by atoms with Crippen LogP contribution in [-0.2, 0) is 39.4 Å². The van der Waals surface area contributed by atoms with Gasteiger partial charge in [0, 0.05) is 0 Å². The van der Waals surface area contributed by atoms with Crippen LogP contribution in [0.5, 0.6) is 0 Å². The Kier molecular flexibility index (Phi) is 2.61. The fourth-order valence-electron chi connectivity index (χ4n) is 5.57. The van der Waals surface area contributed by atoms with E-state index >= 15 is 0 Å². The van der Waals surface area contributed by atoms with Gasteiger partial charge in [-0.05, 0) is 60.9 Å². The van der Waals surface area contributed by atoms with Crippen LogP contribution in [0.15, 0.2) is 0 Å². The normalized spacial score (nSPS) is 33.0. The van der Waals surface area contributed by atoms with Crippen LogP contribution in [0.3, 0.4) is 0 Å². The topological polar surface area (TPSA) is 27.7 Å². The second-order valence-electron chi connectivity index (χ2n) is 9.08. The van der Waals surface area contributed by atoms with Crippen molar-refractivity contribution in [3.8, 4) is 0 Å². The Morgan fingerprint density at radius 3 is 2.52 bits per heavy atom. The Morgan fingerprint density at radius 2 is 1.78 bits per heavy atom. The van der Waals surface area contributed by atoms with Crippen molar-refractivity contribution in [3.05, 3.63) is 27.8 Å². The molecule has 124 valence electrons. The van der Waals surface area contributed by atoms with Gasteiger partial charge < -0.3 is 14.2 Å². The van der Waals surface area contributed by atoms with Crippen molar-refractivity contribution in [3.63, 3.8) is 0 Å². The van der Waals surface area contributed by atoms with E-state index in [0.29, 0.717) is 0 Å². The molecule has 1 aromatic carbocycles. The SMILES string of the molecule is CC1(C)O[C@H]2c3c4c(c([Si](C)(C)C)c5c3[C@@]2(CCC5)O1)COC4. The zero-order chi connectivity index (χ0) is 16.2. The summed E-state index contributed by atoms with van der Waals surface area (Å²) >= 11 is 0. The van der Waals surface area contributed by atoms with E-state index in [2.05, 4.69) is 33.5 Å². The van der Waals surface area contributed by atoms with Crippen LogP contribution in [0.1, 0.15) is 60.6 Å². The van der Waals surface area contributed by atoms with Gasteiger partial charge in [-0.25, -0.2) is 0 Å². The van der Waals surface area contributed by atoms with Crippen LogP contribution in [-0.4, -0.2) is 13.9 Å². The first kappa shape index (κ1) is 14.6. The summed E-state index contributed by atoms with van der Waals surface area (Å²) in [6, 6.07) is 0. The highest BCUT2D eigenvalue weighted by Gasteiger charge is 2.66. The summed E-state index contributed by atoms with van der Waals surface area (Å²) in [6.45, 7) is 13.1. The van der Waals surface area contributed by atoms with E-state index < -0.39 is 13.9 Å². The van der Waals surface area contributed by atoms with E-state index in [9.17, 15) is 0 Å². The highest BCUT2D eigenvalue weighted by atomic mass is 28.3. The summed E-state index contributed by atoms with van der Waals surface area (Å²) in [5.74, 6) is -0.482. The highest BCUT2D eigenvalue weighted by Crippen LogP contribution is 2.66. The fourth-order valence-corrected chi connectivity index (χ4v) is 7.85. The number of hydrogen-bond acceptors (Lipinski definition) is 3. The monoisotopic (exact) mass is 330 g/mol. The Labute approximate surface area is 139 Å². The van der Waals surface area contributed by atoms with Gasteiger partial charge in [-0.1, -0.05) is 24.8 Å². The van der Waals surface area contributed by atoms with Crippen molar-refractivity contribution in [2.45, 2.75) is 83.5 Å². The summed E-state index contributed by atoms with van der Waals surface area (Å²) in [4.78, 5) is 0. The Morgan fingerprint density at radius 1 is 1.04 bits per heavy atom. The van der Waals surface area contributed by atoms with Crippen molar-refractivity contribution in [1.29, 1.82) is 0 Å². The Bertz CT molecular complexity index is 731. The zero-order valence-corrected chi connectivity index (χ0v) is 15.8. The van der Waals surface area contributed by atoms with Crippen molar-refractivity contribution < 1.29 is 14.2 Å². The fraction of sp³-hybridized carbons (Fsp3) is 0.684. The van der Waals surface area contributed by atoms with E-state index in [1.54, 1.807) is 10.8 Å². The number of benzene rings is 1. The smallest absolute Gasteiger partial charge is 0.165 e. The third-order valence-electron chi connectivity index (χ3n) is 6.02. The largest absolute Gasteiger partial charge is 0.372 e. The standard InChI is InChI=1S/C19H26O3Si/c1-18(2)21-17-14-12-9-20-10-13(12)16(23(3,4)5)11-7-6-8-19(17,22-18)15(11)14/h17H,6-10H2,1-5H3/t17-,19+/m0/s1. The molecular formula is C19H26O3Si. The van der Waals surface area contributed by atoms with Gasteiger partial charge in [0.2, 0.25) is 0 Å². The Hall–Kier alpha value is -0.683. The third kappa shape index (κ3) is 1.66. The minimum Gasteiger partial charge on any atom is -0.372 e. The summed E-state index contributed by atoms with van der Waals surface area (Å²) in [5, 5.41) is 1.66. The lowest BCUT2D eigenvalue weighted by molar-refractivity contribution is -0.165. The molecule has 4 heteroatoms. The van der Waals surface area contributed by atoms with Crippen LogP contribution in [0.25, 0.3) is 0 Å². The molecule has 2 aliphatic heterocycles. The molecule has 0 saturated carbocycles. The molecule has 0 N–H and O–H groups in total.